The molecule has 6 nitrogen and oxygen atoms in total. The molecule has 1 N–H and O–H groups in total. The summed E-state index contributed by atoms with van der Waals surface area (Å²) < 4.78 is 10.7. The summed E-state index contributed by atoms with van der Waals surface area (Å²) in [6.07, 6.45) is 2.86. The first-order chi connectivity index (χ1) is 13.5. The van der Waals surface area contributed by atoms with Gasteiger partial charge in [-0.1, -0.05) is 11.6 Å². The average Bonchev–Trinajstić information content (AvgIpc) is 3.21. The van der Waals surface area contributed by atoms with Gasteiger partial charge in [0.25, 0.3) is 5.91 Å². The highest BCUT2D eigenvalue weighted by Gasteiger charge is 2.23. The van der Waals surface area contributed by atoms with E-state index in [1.54, 1.807) is 13.0 Å². The third-order valence-electron chi connectivity index (χ3n) is 4.65. The van der Waals surface area contributed by atoms with Crippen LogP contribution in [-0.2, 0) is 17.6 Å². The van der Waals surface area contributed by atoms with Crippen LogP contribution in [0.3, 0.4) is 0 Å². The topological polar surface area (TPSA) is 92.3 Å². The van der Waals surface area contributed by atoms with Crippen LogP contribution >= 0.6 is 22.9 Å². The molecule has 1 aliphatic carbocycles. The summed E-state index contributed by atoms with van der Waals surface area (Å²) in [5, 5.41) is 13.7. The number of aryl methyl sites for hydroxylation is 2. The summed E-state index contributed by atoms with van der Waals surface area (Å²) in [4.78, 5) is 25.0. The normalized spacial score (nSPS) is 12.6. The third-order valence-corrected chi connectivity index (χ3v) is 6.15. The number of hydrogen-bond donors (Lipinski definition) is 1. The van der Waals surface area contributed by atoms with E-state index < -0.39 is 11.5 Å². The molecule has 3 aromatic rings. The van der Waals surface area contributed by atoms with Gasteiger partial charge in [0.1, 0.15) is 22.4 Å². The van der Waals surface area contributed by atoms with Gasteiger partial charge in [0, 0.05) is 22.4 Å². The number of carbonyl (C=O) groups is 1. The number of benzene rings is 1. The van der Waals surface area contributed by atoms with Gasteiger partial charge in [0.05, 0.1) is 10.6 Å². The highest BCUT2D eigenvalue weighted by Crippen LogP contribution is 2.38. The molecule has 0 saturated carbocycles. The SMILES string of the molecule is Cc1cc(=O)oc2cc(OCC(=O)Nc3sc4c(c3C#N)CCC4)c(Cl)cc12. The van der Waals surface area contributed by atoms with Crippen LogP contribution in [0.2, 0.25) is 5.02 Å². The lowest BCUT2D eigenvalue weighted by Crippen LogP contribution is -2.20. The maximum Gasteiger partial charge on any atom is 0.336 e. The number of anilines is 1. The van der Waals surface area contributed by atoms with Crippen LogP contribution < -0.4 is 15.7 Å². The van der Waals surface area contributed by atoms with Gasteiger partial charge in [-0.3, -0.25) is 4.79 Å². The largest absolute Gasteiger partial charge is 0.482 e. The van der Waals surface area contributed by atoms with Gasteiger partial charge in [-0.25, -0.2) is 4.79 Å². The molecule has 0 fully saturated rings. The van der Waals surface area contributed by atoms with Gasteiger partial charge < -0.3 is 14.5 Å². The Kier molecular flexibility index (Phi) is 4.84. The molecule has 0 radical (unpaired) electrons. The number of rotatable bonds is 4. The summed E-state index contributed by atoms with van der Waals surface area (Å²) in [6, 6.07) is 6.71. The van der Waals surface area contributed by atoms with Crippen LogP contribution in [0.5, 0.6) is 5.75 Å². The van der Waals surface area contributed by atoms with Gasteiger partial charge in [0.15, 0.2) is 6.61 Å². The van der Waals surface area contributed by atoms with Crippen LogP contribution in [0.1, 0.15) is 28.0 Å². The molecule has 1 amide bonds. The summed E-state index contributed by atoms with van der Waals surface area (Å²) >= 11 is 7.68. The van der Waals surface area contributed by atoms with E-state index in [1.807, 2.05) is 0 Å². The first kappa shape index (κ1) is 18.5. The van der Waals surface area contributed by atoms with E-state index in [4.69, 9.17) is 20.8 Å². The Balaban J connectivity index is 1.50. The quantitative estimate of drug-likeness (QED) is 0.646. The van der Waals surface area contributed by atoms with E-state index in [-0.39, 0.29) is 12.4 Å². The van der Waals surface area contributed by atoms with Gasteiger partial charge in [0.2, 0.25) is 0 Å². The zero-order valence-corrected chi connectivity index (χ0v) is 16.5. The van der Waals surface area contributed by atoms with E-state index in [1.165, 1.54) is 23.5 Å². The molecule has 0 unspecified atom stereocenters. The number of ether oxygens (including phenoxy) is 1. The Morgan fingerprint density at radius 2 is 2.21 bits per heavy atom. The number of hydrogen-bond acceptors (Lipinski definition) is 6. The molecule has 1 aromatic carbocycles. The lowest BCUT2D eigenvalue weighted by Gasteiger charge is -2.10. The predicted molar refractivity (Wildman–Crippen MR) is 107 cm³/mol. The van der Waals surface area contributed by atoms with Crippen LogP contribution in [0.15, 0.2) is 27.4 Å². The fourth-order valence-electron chi connectivity index (χ4n) is 3.35. The third kappa shape index (κ3) is 3.37. The molecular formula is C20H15ClN2O4S. The van der Waals surface area contributed by atoms with E-state index in [9.17, 15) is 14.9 Å². The molecule has 2 aromatic heterocycles. The Morgan fingerprint density at radius 1 is 1.39 bits per heavy atom. The second kappa shape index (κ2) is 7.30. The van der Waals surface area contributed by atoms with E-state index in [0.29, 0.717) is 26.6 Å². The van der Waals surface area contributed by atoms with E-state index >= 15 is 0 Å². The molecule has 0 atom stereocenters. The molecule has 8 heteroatoms. The number of nitrogens with one attached hydrogen (secondary N) is 1. The van der Waals surface area contributed by atoms with Crippen molar-refractivity contribution >= 4 is 44.8 Å². The molecule has 28 heavy (non-hydrogen) atoms. The minimum absolute atomic E-state index is 0.243. The van der Waals surface area contributed by atoms with Crippen molar-refractivity contribution in [1.29, 1.82) is 5.26 Å². The van der Waals surface area contributed by atoms with Crippen LogP contribution in [0, 0.1) is 18.3 Å². The number of amides is 1. The molecule has 142 valence electrons. The Hall–Kier alpha value is -2.82. The van der Waals surface area contributed by atoms with Crippen LogP contribution in [0.4, 0.5) is 5.00 Å². The molecule has 4 rings (SSSR count). The maximum atomic E-state index is 12.3. The van der Waals surface area contributed by atoms with Crippen molar-refractivity contribution in [3.05, 3.63) is 55.2 Å². The lowest BCUT2D eigenvalue weighted by molar-refractivity contribution is -0.118. The van der Waals surface area contributed by atoms with Crippen molar-refractivity contribution in [2.75, 3.05) is 11.9 Å². The second-order valence-corrected chi connectivity index (χ2v) is 8.05. The van der Waals surface area contributed by atoms with E-state index in [2.05, 4.69) is 11.4 Å². The highest BCUT2D eigenvalue weighted by molar-refractivity contribution is 7.16. The molecule has 0 spiro atoms. The Labute approximate surface area is 169 Å². The molecule has 0 aliphatic heterocycles. The number of fused-ring (bicyclic) bond motifs is 2. The monoisotopic (exact) mass is 414 g/mol. The van der Waals surface area contributed by atoms with Crippen LogP contribution in [0.25, 0.3) is 11.0 Å². The van der Waals surface area contributed by atoms with Gasteiger partial charge in [-0.05, 0) is 43.4 Å². The highest BCUT2D eigenvalue weighted by atomic mass is 35.5. The number of halogens is 1. The zero-order valence-electron chi connectivity index (χ0n) is 14.9. The summed E-state index contributed by atoms with van der Waals surface area (Å²) in [7, 11) is 0. The first-order valence-electron chi connectivity index (χ1n) is 8.67. The van der Waals surface area contributed by atoms with Crippen molar-refractivity contribution in [2.24, 2.45) is 0 Å². The van der Waals surface area contributed by atoms with Crippen molar-refractivity contribution in [1.82, 2.24) is 0 Å². The lowest BCUT2D eigenvalue weighted by atomic mass is 10.1. The van der Waals surface area contributed by atoms with Crippen LogP contribution in [-0.4, -0.2) is 12.5 Å². The van der Waals surface area contributed by atoms with Crippen molar-refractivity contribution in [3.63, 3.8) is 0 Å². The minimum Gasteiger partial charge on any atom is -0.482 e. The minimum atomic E-state index is -0.467. The zero-order chi connectivity index (χ0) is 19.8. The summed E-state index contributed by atoms with van der Waals surface area (Å²) in [5.74, 6) is -0.148. The van der Waals surface area contributed by atoms with E-state index in [0.717, 1.165) is 35.3 Å². The van der Waals surface area contributed by atoms with Crippen molar-refractivity contribution in [2.45, 2.75) is 26.2 Å². The molecule has 0 saturated heterocycles. The van der Waals surface area contributed by atoms with Crippen molar-refractivity contribution in [3.8, 4) is 11.8 Å². The smallest absolute Gasteiger partial charge is 0.336 e. The standard InChI is InChI=1S/C20H15ClN2O4S/c1-10-5-19(25)27-15-7-16(14(21)6-12(10)15)26-9-18(24)23-20-13(8-22)11-3-2-4-17(11)28-20/h5-7H,2-4,9H2,1H3,(H,23,24). The van der Waals surface area contributed by atoms with Gasteiger partial charge >= 0.3 is 5.63 Å². The fourth-order valence-corrected chi connectivity index (χ4v) is 4.82. The number of thiophene rings is 1. The molecule has 0 bridgehead atoms. The molecule has 1 aliphatic rings. The second-order valence-electron chi connectivity index (χ2n) is 6.54. The Morgan fingerprint density at radius 3 is 3.00 bits per heavy atom. The number of carbonyl (C=O) groups excluding carboxylic acids is 1. The van der Waals surface area contributed by atoms with Crippen molar-refractivity contribution < 1.29 is 13.9 Å². The Bertz CT molecular complexity index is 1210. The average molecular weight is 415 g/mol. The molecular weight excluding hydrogens is 400 g/mol. The number of nitriles is 1. The first-order valence-corrected chi connectivity index (χ1v) is 9.87. The summed E-state index contributed by atoms with van der Waals surface area (Å²) in [5.41, 5.74) is 2.21. The van der Waals surface area contributed by atoms with Gasteiger partial charge in [-0.2, -0.15) is 5.26 Å². The maximum absolute atomic E-state index is 12.3. The molecule has 2 heterocycles. The fraction of sp³-hybridized carbons (Fsp3) is 0.250. The van der Waals surface area contributed by atoms with Gasteiger partial charge in [-0.15, -0.1) is 11.3 Å². The number of nitrogens with zero attached hydrogens (tertiary/aromatic N) is 1. The predicted octanol–water partition coefficient (Wildman–Crippen LogP) is 4.19. The summed E-state index contributed by atoms with van der Waals surface area (Å²) in [6.45, 7) is 1.50.